The van der Waals surface area contributed by atoms with Gasteiger partial charge in [0.15, 0.2) is 0 Å². The summed E-state index contributed by atoms with van der Waals surface area (Å²) in [5.74, 6) is 0.870. The first-order valence-electron chi connectivity index (χ1n) is 8.29. The molecule has 1 amide bonds. The quantitative estimate of drug-likeness (QED) is 0.729. The van der Waals surface area contributed by atoms with Gasteiger partial charge in [0.2, 0.25) is 0 Å². The van der Waals surface area contributed by atoms with Gasteiger partial charge in [-0.15, -0.1) is 0 Å². The van der Waals surface area contributed by atoms with E-state index in [1.54, 1.807) is 56.7 Å². The van der Waals surface area contributed by atoms with Crippen LogP contribution >= 0.6 is 0 Å². The summed E-state index contributed by atoms with van der Waals surface area (Å²) in [5.41, 5.74) is 2.96. The first-order chi connectivity index (χ1) is 13.2. The topological polar surface area (TPSA) is 71.3 Å². The van der Waals surface area contributed by atoms with E-state index in [0.29, 0.717) is 39.4 Å². The minimum atomic E-state index is -0.284. The highest BCUT2D eigenvalue weighted by atomic mass is 16.5. The van der Waals surface area contributed by atoms with Crippen molar-refractivity contribution in [1.82, 2.24) is 0 Å². The molecule has 0 atom stereocenters. The van der Waals surface area contributed by atoms with E-state index in [1.807, 2.05) is 24.3 Å². The van der Waals surface area contributed by atoms with E-state index < -0.39 is 0 Å². The Hall–Kier alpha value is -3.78. The average Bonchev–Trinajstić information content (AvgIpc) is 2.73. The number of methoxy groups -OCH3 is 2. The monoisotopic (exact) mass is 358 g/mol. The SMILES string of the molecule is COc1cc(NC(=O)c2ccccc2-c2ccccc2C#N)cc(OC)c1. The van der Waals surface area contributed by atoms with E-state index in [2.05, 4.69) is 11.4 Å². The second kappa shape index (κ2) is 8.07. The van der Waals surface area contributed by atoms with Gasteiger partial charge in [-0.1, -0.05) is 36.4 Å². The molecule has 1 N–H and O–H groups in total. The summed E-state index contributed by atoms with van der Waals surface area (Å²) in [7, 11) is 3.10. The van der Waals surface area contributed by atoms with Gasteiger partial charge < -0.3 is 14.8 Å². The first-order valence-corrected chi connectivity index (χ1v) is 8.29. The maximum Gasteiger partial charge on any atom is 0.256 e. The Bertz CT molecular complexity index is 1000. The number of carbonyl (C=O) groups is 1. The van der Waals surface area contributed by atoms with Crippen LogP contribution in [0.2, 0.25) is 0 Å². The number of anilines is 1. The number of benzene rings is 3. The van der Waals surface area contributed by atoms with Gasteiger partial charge in [-0.3, -0.25) is 4.79 Å². The zero-order valence-corrected chi connectivity index (χ0v) is 15.0. The highest BCUT2D eigenvalue weighted by Crippen LogP contribution is 2.29. The maximum atomic E-state index is 12.9. The number of nitriles is 1. The summed E-state index contributed by atoms with van der Waals surface area (Å²) in [4.78, 5) is 12.9. The van der Waals surface area contributed by atoms with Gasteiger partial charge in [0, 0.05) is 35.0 Å². The molecule has 0 aliphatic rings. The van der Waals surface area contributed by atoms with E-state index in [-0.39, 0.29) is 5.91 Å². The van der Waals surface area contributed by atoms with Crippen molar-refractivity contribution < 1.29 is 14.3 Å². The molecule has 3 aromatic rings. The molecule has 0 saturated carbocycles. The fourth-order valence-electron chi connectivity index (χ4n) is 2.81. The van der Waals surface area contributed by atoms with Crippen LogP contribution in [0, 0.1) is 11.3 Å². The number of hydrogen-bond acceptors (Lipinski definition) is 4. The standard InChI is InChI=1S/C22H18N2O3/c1-26-17-11-16(12-18(13-17)27-2)24-22(25)21-10-6-5-9-20(21)19-8-4-3-7-15(19)14-23/h3-13H,1-2H3,(H,24,25). The van der Waals surface area contributed by atoms with Crippen molar-refractivity contribution in [2.75, 3.05) is 19.5 Å². The van der Waals surface area contributed by atoms with Crippen LogP contribution in [0.4, 0.5) is 5.69 Å². The Morgan fingerprint density at radius 1 is 0.889 bits per heavy atom. The molecule has 5 nitrogen and oxygen atoms in total. The zero-order valence-electron chi connectivity index (χ0n) is 15.0. The summed E-state index contributed by atoms with van der Waals surface area (Å²) in [6.45, 7) is 0. The number of rotatable bonds is 5. The Labute approximate surface area is 157 Å². The molecule has 0 aliphatic carbocycles. The predicted octanol–water partition coefficient (Wildman–Crippen LogP) is 4.49. The Morgan fingerprint density at radius 2 is 1.48 bits per heavy atom. The lowest BCUT2D eigenvalue weighted by molar-refractivity contribution is 0.102. The number of amides is 1. The summed E-state index contributed by atoms with van der Waals surface area (Å²) in [6.07, 6.45) is 0. The molecule has 0 radical (unpaired) electrons. The van der Waals surface area contributed by atoms with E-state index in [0.717, 1.165) is 0 Å². The van der Waals surface area contributed by atoms with E-state index in [9.17, 15) is 10.1 Å². The second-order valence-corrected chi connectivity index (χ2v) is 5.76. The number of nitrogens with one attached hydrogen (secondary N) is 1. The van der Waals surface area contributed by atoms with Crippen LogP contribution in [0.3, 0.4) is 0 Å². The molecular weight excluding hydrogens is 340 g/mol. The lowest BCUT2D eigenvalue weighted by Crippen LogP contribution is -2.13. The Kier molecular flexibility index (Phi) is 5.38. The number of ether oxygens (including phenoxy) is 2. The van der Waals surface area contributed by atoms with E-state index in [4.69, 9.17) is 9.47 Å². The van der Waals surface area contributed by atoms with Crippen molar-refractivity contribution >= 4 is 11.6 Å². The number of nitrogens with zero attached hydrogens (tertiary/aromatic N) is 1. The molecule has 0 aromatic heterocycles. The largest absolute Gasteiger partial charge is 0.497 e. The van der Waals surface area contributed by atoms with Crippen molar-refractivity contribution in [3.05, 3.63) is 77.9 Å². The molecule has 3 rings (SSSR count). The summed E-state index contributed by atoms with van der Waals surface area (Å²) >= 11 is 0. The van der Waals surface area contributed by atoms with Crippen molar-refractivity contribution in [3.63, 3.8) is 0 Å². The van der Waals surface area contributed by atoms with Crippen molar-refractivity contribution in [1.29, 1.82) is 5.26 Å². The molecule has 0 saturated heterocycles. The molecule has 0 heterocycles. The van der Waals surface area contributed by atoms with Crippen LogP contribution < -0.4 is 14.8 Å². The van der Waals surface area contributed by atoms with Gasteiger partial charge in [0.25, 0.3) is 5.91 Å². The molecule has 0 unspecified atom stereocenters. The van der Waals surface area contributed by atoms with Crippen LogP contribution in [0.1, 0.15) is 15.9 Å². The summed E-state index contributed by atoms with van der Waals surface area (Å²) in [6, 6.07) is 21.7. The van der Waals surface area contributed by atoms with Crippen LogP contribution in [0.15, 0.2) is 66.7 Å². The fourth-order valence-corrected chi connectivity index (χ4v) is 2.81. The molecule has 27 heavy (non-hydrogen) atoms. The highest BCUT2D eigenvalue weighted by molar-refractivity contribution is 6.09. The van der Waals surface area contributed by atoms with Crippen molar-refractivity contribution in [3.8, 4) is 28.7 Å². The third kappa shape index (κ3) is 3.91. The van der Waals surface area contributed by atoms with Gasteiger partial charge in [0.1, 0.15) is 11.5 Å². The highest BCUT2D eigenvalue weighted by Gasteiger charge is 2.15. The van der Waals surface area contributed by atoms with Crippen LogP contribution in [-0.2, 0) is 0 Å². The van der Waals surface area contributed by atoms with Crippen LogP contribution in [0.5, 0.6) is 11.5 Å². The zero-order chi connectivity index (χ0) is 19.2. The van der Waals surface area contributed by atoms with Crippen LogP contribution in [0.25, 0.3) is 11.1 Å². The second-order valence-electron chi connectivity index (χ2n) is 5.76. The minimum absolute atomic E-state index is 0.284. The van der Waals surface area contributed by atoms with E-state index >= 15 is 0 Å². The molecule has 3 aromatic carbocycles. The Morgan fingerprint density at radius 3 is 2.11 bits per heavy atom. The lowest BCUT2D eigenvalue weighted by Gasteiger charge is -2.13. The fraction of sp³-hybridized carbons (Fsp3) is 0.0909. The summed E-state index contributed by atoms with van der Waals surface area (Å²) in [5, 5.41) is 12.3. The minimum Gasteiger partial charge on any atom is -0.497 e. The van der Waals surface area contributed by atoms with Gasteiger partial charge in [-0.25, -0.2) is 0 Å². The number of hydrogen-bond donors (Lipinski definition) is 1. The van der Waals surface area contributed by atoms with Gasteiger partial charge >= 0.3 is 0 Å². The van der Waals surface area contributed by atoms with Gasteiger partial charge in [-0.2, -0.15) is 5.26 Å². The van der Waals surface area contributed by atoms with Gasteiger partial charge in [0.05, 0.1) is 25.9 Å². The van der Waals surface area contributed by atoms with Gasteiger partial charge in [-0.05, 0) is 17.7 Å². The Balaban J connectivity index is 1.99. The number of carbonyl (C=O) groups excluding carboxylic acids is 1. The van der Waals surface area contributed by atoms with Crippen molar-refractivity contribution in [2.45, 2.75) is 0 Å². The molecule has 0 spiro atoms. The smallest absolute Gasteiger partial charge is 0.256 e. The first kappa shape index (κ1) is 18.0. The predicted molar refractivity (Wildman–Crippen MR) is 104 cm³/mol. The van der Waals surface area contributed by atoms with Crippen molar-refractivity contribution in [2.24, 2.45) is 0 Å². The third-order valence-electron chi connectivity index (χ3n) is 4.12. The third-order valence-corrected chi connectivity index (χ3v) is 4.12. The molecular formula is C22H18N2O3. The molecule has 0 fully saturated rings. The normalized spacial score (nSPS) is 9.96. The average molecular weight is 358 g/mol. The molecule has 0 aliphatic heterocycles. The summed E-state index contributed by atoms with van der Waals surface area (Å²) < 4.78 is 10.5. The van der Waals surface area contributed by atoms with Crippen LogP contribution in [-0.4, -0.2) is 20.1 Å². The van der Waals surface area contributed by atoms with E-state index in [1.165, 1.54) is 0 Å². The molecule has 134 valence electrons. The molecule has 5 heteroatoms. The maximum absolute atomic E-state index is 12.9. The molecule has 0 bridgehead atoms. The lowest BCUT2D eigenvalue weighted by atomic mass is 9.95.